The Morgan fingerprint density at radius 3 is 1.72 bits per heavy atom. The van der Waals surface area contributed by atoms with Crippen LogP contribution in [0.15, 0.2) is 0 Å². The molecule has 110 valence electrons. The van der Waals surface area contributed by atoms with Crippen LogP contribution in [0.5, 0.6) is 0 Å². The van der Waals surface area contributed by atoms with Gasteiger partial charge in [-0.3, -0.25) is 0 Å². The van der Waals surface area contributed by atoms with Crippen molar-refractivity contribution in [1.82, 2.24) is 0 Å². The Kier molecular flexibility index (Phi) is 9.76. The van der Waals surface area contributed by atoms with E-state index in [1.807, 2.05) is 0 Å². The first kappa shape index (κ1) is 17.9. The Hall–Kier alpha value is -0.0800. The number of ether oxygens (including phenoxy) is 2. The van der Waals surface area contributed by atoms with E-state index in [-0.39, 0.29) is 5.41 Å². The third-order valence-electron chi connectivity index (χ3n) is 4.24. The van der Waals surface area contributed by atoms with Crippen LogP contribution in [0.1, 0.15) is 60.8 Å². The highest BCUT2D eigenvalue weighted by Gasteiger charge is 2.34. The van der Waals surface area contributed by atoms with Gasteiger partial charge < -0.3 is 9.47 Å². The second kappa shape index (κ2) is 9.80. The van der Waals surface area contributed by atoms with Crippen molar-refractivity contribution in [1.29, 1.82) is 0 Å². The Balaban J connectivity index is 4.59. The maximum Gasteiger partial charge on any atom is 0.0546 e. The second-order valence-corrected chi connectivity index (χ2v) is 5.84. The van der Waals surface area contributed by atoms with Crippen molar-refractivity contribution in [3.63, 3.8) is 0 Å². The van der Waals surface area contributed by atoms with Crippen LogP contribution in [0.2, 0.25) is 0 Å². The molecule has 0 saturated carbocycles. The highest BCUT2D eigenvalue weighted by atomic mass is 16.5. The van der Waals surface area contributed by atoms with E-state index in [1.54, 1.807) is 0 Å². The van der Waals surface area contributed by atoms with Crippen molar-refractivity contribution in [2.75, 3.05) is 26.4 Å². The fourth-order valence-electron chi connectivity index (χ4n) is 2.16. The van der Waals surface area contributed by atoms with Crippen LogP contribution in [-0.2, 0) is 9.47 Å². The van der Waals surface area contributed by atoms with Gasteiger partial charge in [-0.1, -0.05) is 40.5 Å². The van der Waals surface area contributed by atoms with Crippen molar-refractivity contribution in [3.8, 4) is 0 Å². The first-order valence-corrected chi connectivity index (χ1v) is 7.67. The molecule has 0 aliphatic rings. The lowest BCUT2D eigenvalue weighted by atomic mass is 9.73. The molecular weight excluding hydrogens is 224 g/mol. The van der Waals surface area contributed by atoms with Crippen LogP contribution < -0.4 is 0 Å². The summed E-state index contributed by atoms with van der Waals surface area (Å²) in [6.07, 6.45) is 3.74. The van der Waals surface area contributed by atoms with Gasteiger partial charge in [0.25, 0.3) is 0 Å². The van der Waals surface area contributed by atoms with Crippen LogP contribution in [0.3, 0.4) is 0 Å². The number of hydrogen-bond acceptors (Lipinski definition) is 2. The van der Waals surface area contributed by atoms with E-state index in [0.717, 1.165) is 32.3 Å². The molecule has 1 atom stereocenters. The summed E-state index contributed by atoms with van der Waals surface area (Å²) in [6.45, 7) is 16.6. The predicted octanol–water partition coefficient (Wildman–Crippen LogP) is 4.53. The van der Waals surface area contributed by atoms with Gasteiger partial charge in [-0.2, -0.15) is 0 Å². The summed E-state index contributed by atoms with van der Waals surface area (Å²) in [7, 11) is 0. The molecular formula is C16H34O2. The summed E-state index contributed by atoms with van der Waals surface area (Å²) < 4.78 is 11.5. The molecule has 1 unspecified atom stereocenters. The molecule has 0 rings (SSSR count). The van der Waals surface area contributed by atoms with Gasteiger partial charge in [0.15, 0.2) is 0 Å². The third kappa shape index (κ3) is 6.19. The van der Waals surface area contributed by atoms with Crippen molar-refractivity contribution in [2.45, 2.75) is 60.8 Å². The van der Waals surface area contributed by atoms with Crippen LogP contribution in [0, 0.1) is 17.3 Å². The topological polar surface area (TPSA) is 18.5 Å². The van der Waals surface area contributed by atoms with Gasteiger partial charge in [-0.25, -0.2) is 0 Å². The number of hydrogen-bond donors (Lipinski definition) is 0. The van der Waals surface area contributed by atoms with Gasteiger partial charge in [-0.05, 0) is 32.1 Å². The molecule has 0 aliphatic heterocycles. The summed E-state index contributed by atoms with van der Waals surface area (Å²) in [6, 6.07) is 0. The van der Waals surface area contributed by atoms with Crippen LogP contribution in [0.4, 0.5) is 0 Å². The summed E-state index contributed by atoms with van der Waals surface area (Å²) in [4.78, 5) is 0. The first-order chi connectivity index (χ1) is 8.52. The molecule has 2 heteroatoms. The quantitative estimate of drug-likeness (QED) is 0.542. The van der Waals surface area contributed by atoms with Crippen LogP contribution in [-0.4, -0.2) is 26.4 Å². The fourth-order valence-corrected chi connectivity index (χ4v) is 2.16. The average Bonchev–Trinajstić information content (AvgIpc) is 2.37. The van der Waals surface area contributed by atoms with Crippen molar-refractivity contribution < 1.29 is 9.47 Å². The summed E-state index contributed by atoms with van der Waals surface area (Å²) in [5.41, 5.74) is 0.190. The smallest absolute Gasteiger partial charge is 0.0546 e. The lowest BCUT2D eigenvalue weighted by Crippen LogP contribution is -2.38. The van der Waals surface area contributed by atoms with Gasteiger partial charge in [0.2, 0.25) is 0 Å². The molecule has 0 aromatic heterocycles. The summed E-state index contributed by atoms with van der Waals surface area (Å²) in [5.74, 6) is 1.39. The minimum absolute atomic E-state index is 0.190. The molecule has 2 nitrogen and oxygen atoms in total. The van der Waals surface area contributed by atoms with E-state index in [4.69, 9.17) is 9.47 Å². The van der Waals surface area contributed by atoms with E-state index in [9.17, 15) is 0 Å². The molecule has 18 heavy (non-hydrogen) atoms. The zero-order valence-electron chi connectivity index (χ0n) is 13.4. The van der Waals surface area contributed by atoms with Gasteiger partial charge >= 0.3 is 0 Å². The van der Waals surface area contributed by atoms with E-state index in [2.05, 4.69) is 41.5 Å². The molecule has 0 heterocycles. The summed E-state index contributed by atoms with van der Waals surface area (Å²) in [5, 5.41) is 0. The first-order valence-electron chi connectivity index (χ1n) is 7.67. The summed E-state index contributed by atoms with van der Waals surface area (Å²) >= 11 is 0. The largest absolute Gasteiger partial charge is 0.381 e. The van der Waals surface area contributed by atoms with Gasteiger partial charge in [0, 0.05) is 18.6 Å². The Bertz CT molecular complexity index is 182. The Morgan fingerprint density at radius 1 is 0.889 bits per heavy atom. The van der Waals surface area contributed by atoms with Crippen LogP contribution >= 0.6 is 0 Å². The predicted molar refractivity (Wildman–Crippen MR) is 78.9 cm³/mol. The van der Waals surface area contributed by atoms with Crippen molar-refractivity contribution >= 4 is 0 Å². The maximum atomic E-state index is 5.74. The van der Waals surface area contributed by atoms with Gasteiger partial charge in [-0.15, -0.1) is 0 Å². The van der Waals surface area contributed by atoms with E-state index in [1.165, 1.54) is 19.3 Å². The van der Waals surface area contributed by atoms with Gasteiger partial charge in [0.1, 0.15) is 0 Å². The molecule has 0 fully saturated rings. The number of rotatable bonds is 11. The molecule has 0 N–H and O–H groups in total. The highest BCUT2D eigenvalue weighted by molar-refractivity contribution is 4.83. The molecule has 0 saturated heterocycles. The molecule has 0 aliphatic carbocycles. The van der Waals surface area contributed by atoms with Crippen molar-refractivity contribution in [3.05, 3.63) is 0 Å². The maximum absolute atomic E-state index is 5.74. The lowest BCUT2D eigenvalue weighted by molar-refractivity contribution is -0.0508. The van der Waals surface area contributed by atoms with E-state index >= 15 is 0 Å². The monoisotopic (exact) mass is 258 g/mol. The average molecular weight is 258 g/mol. The Morgan fingerprint density at radius 2 is 1.39 bits per heavy atom. The standard InChI is InChI=1S/C16H34O2/c1-7-15(6)10-11-16(14(4)5,12-17-8-2)13-18-9-3/h14-15H,7-13H2,1-6H3. The zero-order chi connectivity index (χ0) is 14.0. The zero-order valence-corrected chi connectivity index (χ0v) is 13.4. The fraction of sp³-hybridized carbons (Fsp3) is 1.00. The SMILES string of the molecule is CCOCC(CCC(C)CC)(COCC)C(C)C. The van der Waals surface area contributed by atoms with Crippen molar-refractivity contribution in [2.24, 2.45) is 17.3 Å². The van der Waals surface area contributed by atoms with Crippen LogP contribution in [0.25, 0.3) is 0 Å². The Labute approximate surface area is 114 Å². The highest BCUT2D eigenvalue weighted by Crippen LogP contribution is 2.35. The van der Waals surface area contributed by atoms with Gasteiger partial charge in [0.05, 0.1) is 13.2 Å². The lowest BCUT2D eigenvalue weighted by Gasteiger charge is -2.38. The normalized spacial score (nSPS) is 14.2. The molecule has 0 bridgehead atoms. The minimum Gasteiger partial charge on any atom is -0.381 e. The molecule has 0 aromatic carbocycles. The van der Waals surface area contributed by atoms with E-state index < -0.39 is 0 Å². The van der Waals surface area contributed by atoms with E-state index in [0.29, 0.717) is 5.92 Å². The molecule has 0 spiro atoms. The minimum atomic E-state index is 0.190. The molecule has 0 aromatic rings. The second-order valence-electron chi connectivity index (χ2n) is 5.84. The third-order valence-corrected chi connectivity index (χ3v) is 4.24. The molecule has 0 radical (unpaired) electrons. The molecule has 0 amide bonds.